The van der Waals surface area contributed by atoms with E-state index in [0.29, 0.717) is 6.54 Å². The van der Waals surface area contributed by atoms with Gasteiger partial charge in [0.2, 0.25) is 0 Å². The molecule has 0 spiro atoms. The molecule has 7 heavy (non-hydrogen) atoms. The Morgan fingerprint density at radius 1 is 1.57 bits per heavy atom. The highest BCUT2D eigenvalue weighted by atomic mass is 15.4. The molecule has 1 heterocycles. The highest BCUT2D eigenvalue weighted by Gasteiger charge is 1.89. The van der Waals surface area contributed by atoms with Crippen molar-refractivity contribution < 1.29 is 0 Å². The second kappa shape index (κ2) is 1.70. The summed E-state index contributed by atoms with van der Waals surface area (Å²) in [6, 6.07) is 0. The van der Waals surface area contributed by atoms with Crippen LogP contribution in [0.15, 0.2) is 10.2 Å². The molecule has 38 valence electrons. The zero-order chi connectivity index (χ0) is 5.11. The summed E-state index contributed by atoms with van der Waals surface area (Å²) in [4.78, 5) is 0. The molecule has 0 radical (unpaired) electrons. The maximum absolute atomic E-state index is 5.23. The summed E-state index contributed by atoms with van der Waals surface area (Å²) in [7, 11) is 0. The van der Waals surface area contributed by atoms with Gasteiger partial charge < -0.3 is 0 Å². The molecule has 0 saturated carbocycles. The van der Waals surface area contributed by atoms with Gasteiger partial charge in [0.25, 0.3) is 0 Å². The normalized spacial score (nSPS) is 18.1. The van der Waals surface area contributed by atoms with Crippen LogP contribution in [-0.4, -0.2) is 24.1 Å². The lowest BCUT2D eigenvalue weighted by molar-refractivity contribution is 0.514. The standard InChI is InChI=1S/C3H6N4/c4-7-2-1-5-6-3-7/h1,3H,2,4H2. The van der Waals surface area contributed by atoms with E-state index < -0.39 is 0 Å². The number of rotatable bonds is 0. The average molecular weight is 98.1 g/mol. The molecule has 0 bridgehead atoms. The first kappa shape index (κ1) is 4.26. The number of hydrogen-bond acceptors (Lipinski definition) is 4. The Morgan fingerprint density at radius 2 is 2.43 bits per heavy atom. The van der Waals surface area contributed by atoms with Crippen molar-refractivity contribution in [1.29, 1.82) is 0 Å². The van der Waals surface area contributed by atoms with Crippen LogP contribution in [0.1, 0.15) is 0 Å². The molecule has 0 aromatic rings. The van der Waals surface area contributed by atoms with Gasteiger partial charge in [0.05, 0.1) is 6.54 Å². The van der Waals surface area contributed by atoms with Crippen molar-refractivity contribution in [2.24, 2.45) is 16.0 Å². The molecular weight excluding hydrogens is 92.1 g/mol. The zero-order valence-corrected chi connectivity index (χ0v) is 3.78. The van der Waals surface area contributed by atoms with Gasteiger partial charge in [-0.1, -0.05) is 0 Å². The molecule has 0 saturated heterocycles. The fourth-order valence-electron chi connectivity index (χ4n) is 0.321. The minimum Gasteiger partial charge on any atom is -0.294 e. The van der Waals surface area contributed by atoms with Gasteiger partial charge in [0.15, 0.2) is 0 Å². The number of nitrogens with two attached hydrogens (primary N) is 1. The van der Waals surface area contributed by atoms with Crippen LogP contribution in [-0.2, 0) is 0 Å². The first-order valence-electron chi connectivity index (χ1n) is 1.96. The lowest BCUT2D eigenvalue weighted by Crippen LogP contribution is -2.32. The van der Waals surface area contributed by atoms with Crippen LogP contribution in [0, 0.1) is 0 Å². The molecule has 0 aliphatic carbocycles. The fraction of sp³-hybridized carbons (Fsp3) is 0.333. The van der Waals surface area contributed by atoms with Crippen molar-refractivity contribution in [2.75, 3.05) is 6.54 Å². The Bertz CT molecular complexity index is 106. The van der Waals surface area contributed by atoms with Crippen molar-refractivity contribution in [2.45, 2.75) is 0 Å². The average Bonchev–Trinajstić information content (AvgIpc) is 1.69. The summed E-state index contributed by atoms with van der Waals surface area (Å²) in [5.74, 6) is 5.23. The summed E-state index contributed by atoms with van der Waals surface area (Å²) < 4.78 is 0. The Kier molecular flexibility index (Phi) is 1.04. The summed E-state index contributed by atoms with van der Waals surface area (Å²) in [5, 5.41) is 8.51. The Morgan fingerprint density at radius 3 is 2.71 bits per heavy atom. The molecule has 0 amide bonds. The van der Waals surface area contributed by atoms with Gasteiger partial charge in [-0.25, -0.2) is 5.84 Å². The van der Waals surface area contributed by atoms with E-state index in [1.807, 2.05) is 0 Å². The van der Waals surface area contributed by atoms with Crippen molar-refractivity contribution >= 4 is 12.6 Å². The number of hydrogen-bond donors (Lipinski definition) is 1. The monoisotopic (exact) mass is 98.1 g/mol. The fourth-order valence-corrected chi connectivity index (χ4v) is 0.321. The number of hydrazine groups is 1. The van der Waals surface area contributed by atoms with Crippen LogP contribution in [0.4, 0.5) is 0 Å². The van der Waals surface area contributed by atoms with Crippen LogP contribution in [0.3, 0.4) is 0 Å². The summed E-state index contributed by atoms with van der Waals surface area (Å²) in [6.45, 7) is 0.656. The summed E-state index contributed by atoms with van der Waals surface area (Å²) >= 11 is 0. The quantitative estimate of drug-likeness (QED) is 0.403. The van der Waals surface area contributed by atoms with E-state index in [1.54, 1.807) is 6.21 Å². The predicted molar refractivity (Wildman–Crippen MR) is 27.9 cm³/mol. The van der Waals surface area contributed by atoms with Crippen molar-refractivity contribution in [3.63, 3.8) is 0 Å². The largest absolute Gasteiger partial charge is 0.294 e. The van der Waals surface area contributed by atoms with E-state index in [-0.39, 0.29) is 0 Å². The lowest BCUT2D eigenvalue weighted by atomic mass is 10.7. The van der Waals surface area contributed by atoms with E-state index in [4.69, 9.17) is 5.84 Å². The molecule has 0 aromatic carbocycles. The molecule has 0 atom stereocenters. The van der Waals surface area contributed by atoms with Crippen LogP contribution in [0.25, 0.3) is 0 Å². The molecule has 0 fully saturated rings. The molecule has 0 unspecified atom stereocenters. The SMILES string of the molecule is NN1C=NN=CC1. The first-order valence-corrected chi connectivity index (χ1v) is 1.96. The van der Waals surface area contributed by atoms with Crippen molar-refractivity contribution in [3.05, 3.63) is 0 Å². The summed E-state index contributed by atoms with van der Waals surface area (Å²) in [5.41, 5.74) is 0. The van der Waals surface area contributed by atoms with E-state index >= 15 is 0 Å². The van der Waals surface area contributed by atoms with Crippen LogP contribution in [0.5, 0.6) is 0 Å². The van der Waals surface area contributed by atoms with Gasteiger partial charge in [0.1, 0.15) is 6.34 Å². The van der Waals surface area contributed by atoms with Crippen LogP contribution in [0.2, 0.25) is 0 Å². The molecular formula is C3H6N4. The Labute approximate surface area is 41.3 Å². The van der Waals surface area contributed by atoms with Gasteiger partial charge in [-0.3, -0.25) is 5.01 Å². The van der Waals surface area contributed by atoms with E-state index in [9.17, 15) is 0 Å². The topological polar surface area (TPSA) is 54.0 Å². The molecule has 4 heteroatoms. The van der Waals surface area contributed by atoms with Crippen molar-refractivity contribution in [1.82, 2.24) is 5.01 Å². The van der Waals surface area contributed by atoms with Gasteiger partial charge in [-0.05, 0) is 0 Å². The maximum Gasteiger partial charge on any atom is 0.128 e. The van der Waals surface area contributed by atoms with E-state index in [2.05, 4.69) is 10.2 Å². The number of nitrogens with zero attached hydrogens (tertiary/aromatic N) is 3. The Balaban J connectivity index is 2.49. The first-order chi connectivity index (χ1) is 3.39. The molecule has 1 aliphatic rings. The van der Waals surface area contributed by atoms with Gasteiger partial charge in [-0.15, -0.1) is 5.10 Å². The third-order valence-electron chi connectivity index (χ3n) is 0.641. The molecule has 0 aromatic heterocycles. The minimum atomic E-state index is 0.656. The smallest absolute Gasteiger partial charge is 0.128 e. The molecule has 1 aliphatic heterocycles. The second-order valence-corrected chi connectivity index (χ2v) is 1.23. The van der Waals surface area contributed by atoms with Crippen molar-refractivity contribution in [3.8, 4) is 0 Å². The third kappa shape index (κ3) is 0.972. The third-order valence-corrected chi connectivity index (χ3v) is 0.641. The zero-order valence-electron chi connectivity index (χ0n) is 3.78. The maximum atomic E-state index is 5.23. The highest BCUT2D eigenvalue weighted by molar-refractivity contribution is 5.69. The predicted octanol–water partition coefficient (Wildman–Crippen LogP) is -0.810. The molecule has 4 nitrogen and oxygen atoms in total. The highest BCUT2D eigenvalue weighted by Crippen LogP contribution is 1.77. The van der Waals surface area contributed by atoms with E-state index in [1.165, 1.54) is 11.3 Å². The molecule has 1 rings (SSSR count). The Hall–Kier alpha value is -0.900. The second-order valence-electron chi connectivity index (χ2n) is 1.23. The molecule has 2 N–H and O–H groups in total. The van der Waals surface area contributed by atoms with Gasteiger partial charge >= 0.3 is 0 Å². The van der Waals surface area contributed by atoms with Crippen LogP contribution >= 0.6 is 0 Å². The lowest BCUT2D eigenvalue weighted by Gasteiger charge is -2.08. The summed E-state index contributed by atoms with van der Waals surface area (Å²) in [6.07, 6.45) is 3.11. The van der Waals surface area contributed by atoms with Gasteiger partial charge in [0, 0.05) is 6.21 Å². The van der Waals surface area contributed by atoms with Gasteiger partial charge in [-0.2, -0.15) is 5.10 Å². The van der Waals surface area contributed by atoms with E-state index in [0.717, 1.165) is 0 Å². The van der Waals surface area contributed by atoms with Crippen LogP contribution < -0.4 is 5.84 Å². The minimum absolute atomic E-state index is 0.656.